The van der Waals surface area contributed by atoms with Crippen LogP contribution in [0.25, 0.3) is 77.5 Å². The van der Waals surface area contributed by atoms with E-state index in [4.69, 9.17) is 0 Å². The third kappa shape index (κ3) is 3.77. The van der Waals surface area contributed by atoms with Gasteiger partial charge in [0, 0.05) is 33.7 Å². The molecule has 2 heteroatoms. The second-order valence-electron chi connectivity index (χ2n) is 14.5. The summed E-state index contributed by atoms with van der Waals surface area (Å²) in [6, 6.07) is 69.8. The first-order valence-electron chi connectivity index (χ1n) is 18.4. The zero-order valence-corrected chi connectivity index (χ0v) is 28.9. The Morgan fingerprint density at radius 1 is 0.340 bits per heavy atom. The smallest absolute Gasteiger partial charge is 0.0725 e. The third-order valence-electron chi connectivity index (χ3n) is 12.0. The first kappa shape index (κ1) is 28.8. The molecule has 0 unspecified atom stereocenters. The molecule has 0 saturated heterocycles. The van der Waals surface area contributed by atoms with Crippen molar-refractivity contribution >= 4 is 32.7 Å². The fourth-order valence-electron chi connectivity index (χ4n) is 9.79. The molecule has 246 valence electrons. The van der Waals surface area contributed by atoms with Gasteiger partial charge in [-0.3, -0.25) is 0 Å². The van der Waals surface area contributed by atoms with Crippen LogP contribution in [0.2, 0.25) is 0 Å². The molecule has 10 aromatic rings. The van der Waals surface area contributed by atoms with E-state index >= 15 is 0 Å². The topological polar surface area (TPSA) is 9.86 Å². The molecule has 1 spiro atoms. The Labute approximate surface area is 307 Å². The zero-order valence-electron chi connectivity index (χ0n) is 28.9. The first-order valence-corrected chi connectivity index (χ1v) is 18.4. The number of rotatable bonds is 3. The van der Waals surface area contributed by atoms with Gasteiger partial charge in [-0.25, -0.2) is 0 Å². The summed E-state index contributed by atoms with van der Waals surface area (Å²) in [5.74, 6) is 0. The van der Waals surface area contributed by atoms with Crippen molar-refractivity contribution in [1.29, 1.82) is 0 Å². The van der Waals surface area contributed by atoms with E-state index in [9.17, 15) is 0 Å². The molecule has 0 radical (unpaired) electrons. The molecule has 0 fully saturated rings. The highest BCUT2D eigenvalue weighted by molar-refractivity contribution is 6.13. The number of fused-ring (bicyclic) bond motifs is 14. The van der Waals surface area contributed by atoms with Crippen LogP contribution < -0.4 is 0 Å². The standard InChI is InChI=1S/C51H32N2/c1-2-14-36(15-3-1)52-28-27-35-31-50-43(32-49(35)52)42-20-7-11-24-48(42)53(50)37-16-12-13-33(29-37)34-25-26-41-40-19-6-10-23-46(40)51(47(41)30-34)44-21-8-4-17-38(44)39-18-5-9-22-45(39)51/h1-32H. The Bertz CT molecular complexity index is 3060. The van der Waals surface area contributed by atoms with Crippen LogP contribution in [0, 0.1) is 0 Å². The summed E-state index contributed by atoms with van der Waals surface area (Å²) >= 11 is 0. The van der Waals surface area contributed by atoms with Crippen molar-refractivity contribution in [3.05, 3.63) is 217 Å². The number of benzene rings is 8. The lowest BCUT2D eigenvalue weighted by atomic mass is 9.70. The van der Waals surface area contributed by atoms with E-state index in [2.05, 4.69) is 203 Å². The molecule has 12 rings (SSSR count). The number of para-hydroxylation sites is 2. The average Bonchev–Trinajstić information content (AvgIpc) is 3.96. The van der Waals surface area contributed by atoms with Crippen LogP contribution in [0.5, 0.6) is 0 Å². The van der Waals surface area contributed by atoms with Gasteiger partial charge in [-0.1, -0.05) is 133 Å². The van der Waals surface area contributed by atoms with Crippen molar-refractivity contribution in [1.82, 2.24) is 9.13 Å². The van der Waals surface area contributed by atoms with Crippen LogP contribution in [0.15, 0.2) is 194 Å². The van der Waals surface area contributed by atoms with Gasteiger partial charge in [-0.2, -0.15) is 0 Å². The molecule has 2 nitrogen and oxygen atoms in total. The van der Waals surface area contributed by atoms with Gasteiger partial charge in [0.2, 0.25) is 0 Å². The summed E-state index contributed by atoms with van der Waals surface area (Å²) in [6.07, 6.45) is 2.19. The minimum Gasteiger partial charge on any atom is -0.317 e. The van der Waals surface area contributed by atoms with Crippen molar-refractivity contribution in [2.24, 2.45) is 0 Å². The Morgan fingerprint density at radius 3 is 1.68 bits per heavy atom. The Balaban J connectivity index is 1.06. The van der Waals surface area contributed by atoms with Crippen LogP contribution in [0.4, 0.5) is 0 Å². The van der Waals surface area contributed by atoms with Gasteiger partial charge in [0.05, 0.1) is 22.0 Å². The van der Waals surface area contributed by atoms with Crippen molar-refractivity contribution < 1.29 is 0 Å². The molecule has 0 bridgehead atoms. The van der Waals surface area contributed by atoms with E-state index < -0.39 is 0 Å². The Kier molecular flexibility index (Phi) is 5.73. The maximum absolute atomic E-state index is 2.48. The Hall–Kier alpha value is -6.90. The summed E-state index contributed by atoms with van der Waals surface area (Å²) in [5.41, 5.74) is 18.8. The summed E-state index contributed by atoms with van der Waals surface area (Å²) in [6.45, 7) is 0. The highest BCUT2D eigenvalue weighted by Gasteiger charge is 2.51. The fourth-order valence-corrected chi connectivity index (χ4v) is 9.79. The van der Waals surface area contributed by atoms with Crippen LogP contribution in [-0.4, -0.2) is 9.13 Å². The molecular weight excluding hydrogens is 641 g/mol. The SMILES string of the molecule is c1ccc(-n2ccc3cc4c(cc32)c2ccccc2n4-c2cccc(-c3ccc4c(c3)C3(c5ccccc5-c5ccccc53)c3ccccc3-4)c2)cc1. The van der Waals surface area contributed by atoms with Crippen molar-refractivity contribution in [2.75, 3.05) is 0 Å². The molecule has 2 aromatic heterocycles. The largest absolute Gasteiger partial charge is 0.317 e. The highest BCUT2D eigenvalue weighted by atomic mass is 15.0. The van der Waals surface area contributed by atoms with Crippen LogP contribution in [-0.2, 0) is 5.41 Å². The van der Waals surface area contributed by atoms with E-state index in [1.807, 2.05) is 0 Å². The monoisotopic (exact) mass is 672 g/mol. The number of nitrogens with zero attached hydrogens (tertiary/aromatic N) is 2. The van der Waals surface area contributed by atoms with E-state index in [0.717, 1.165) is 5.69 Å². The maximum atomic E-state index is 2.48. The van der Waals surface area contributed by atoms with Gasteiger partial charge in [0.15, 0.2) is 0 Å². The van der Waals surface area contributed by atoms with Crippen molar-refractivity contribution in [3.63, 3.8) is 0 Å². The van der Waals surface area contributed by atoms with Crippen LogP contribution in [0.3, 0.4) is 0 Å². The predicted octanol–water partition coefficient (Wildman–Crippen LogP) is 12.7. The molecule has 0 amide bonds. The quantitative estimate of drug-likeness (QED) is 0.177. The summed E-state index contributed by atoms with van der Waals surface area (Å²) < 4.78 is 4.74. The average molecular weight is 673 g/mol. The molecule has 8 aromatic carbocycles. The van der Waals surface area contributed by atoms with Gasteiger partial charge in [-0.05, 0) is 110 Å². The summed E-state index contributed by atoms with van der Waals surface area (Å²) in [5, 5.41) is 3.73. The van der Waals surface area contributed by atoms with Crippen LogP contribution in [0.1, 0.15) is 22.3 Å². The van der Waals surface area contributed by atoms with Gasteiger partial charge in [0.1, 0.15) is 0 Å². The molecular formula is C51H32N2. The predicted molar refractivity (Wildman–Crippen MR) is 219 cm³/mol. The van der Waals surface area contributed by atoms with Gasteiger partial charge in [-0.15, -0.1) is 0 Å². The van der Waals surface area contributed by atoms with Crippen molar-refractivity contribution in [2.45, 2.75) is 5.41 Å². The second-order valence-corrected chi connectivity index (χ2v) is 14.5. The maximum Gasteiger partial charge on any atom is 0.0725 e. The fraction of sp³-hybridized carbons (Fsp3) is 0.0196. The molecule has 0 saturated carbocycles. The van der Waals surface area contributed by atoms with E-state index in [0.29, 0.717) is 0 Å². The molecule has 0 aliphatic heterocycles. The third-order valence-corrected chi connectivity index (χ3v) is 12.0. The molecule has 0 atom stereocenters. The summed E-state index contributed by atoms with van der Waals surface area (Å²) in [7, 11) is 0. The van der Waals surface area contributed by atoms with Gasteiger partial charge in [0.25, 0.3) is 0 Å². The van der Waals surface area contributed by atoms with Gasteiger partial charge >= 0.3 is 0 Å². The highest BCUT2D eigenvalue weighted by Crippen LogP contribution is 2.63. The van der Waals surface area contributed by atoms with Crippen LogP contribution >= 0.6 is 0 Å². The van der Waals surface area contributed by atoms with Gasteiger partial charge < -0.3 is 9.13 Å². The zero-order chi connectivity index (χ0) is 34.7. The lowest BCUT2D eigenvalue weighted by Crippen LogP contribution is -2.25. The van der Waals surface area contributed by atoms with Crippen molar-refractivity contribution in [3.8, 4) is 44.8 Å². The normalized spacial score (nSPS) is 13.4. The van der Waals surface area contributed by atoms with E-state index in [1.165, 1.54) is 94.0 Å². The Morgan fingerprint density at radius 2 is 0.943 bits per heavy atom. The molecule has 53 heavy (non-hydrogen) atoms. The number of hydrogen-bond donors (Lipinski definition) is 0. The van der Waals surface area contributed by atoms with E-state index in [-0.39, 0.29) is 5.41 Å². The summed E-state index contributed by atoms with van der Waals surface area (Å²) in [4.78, 5) is 0. The lowest BCUT2D eigenvalue weighted by Gasteiger charge is -2.30. The number of hydrogen-bond acceptors (Lipinski definition) is 0. The molecule has 2 heterocycles. The van der Waals surface area contributed by atoms with E-state index in [1.54, 1.807) is 0 Å². The minimum atomic E-state index is -0.360. The molecule has 0 N–H and O–H groups in total. The molecule has 2 aliphatic rings. The number of aromatic nitrogens is 2. The molecule has 2 aliphatic carbocycles. The second kappa shape index (κ2) is 10.6. The minimum absolute atomic E-state index is 0.360. The lowest BCUT2D eigenvalue weighted by molar-refractivity contribution is 0.794. The first-order chi connectivity index (χ1) is 26.3.